The molecule has 0 spiro atoms. The molecule has 2 aliphatic heterocycles. The minimum absolute atomic E-state index is 0.173. The molecule has 3 heterocycles. The van der Waals surface area contributed by atoms with Crippen LogP contribution in [0.2, 0.25) is 0 Å². The van der Waals surface area contributed by atoms with Gasteiger partial charge in [0.2, 0.25) is 0 Å². The summed E-state index contributed by atoms with van der Waals surface area (Å²) in [6.07, 6.45) is 4.12. The Morgan fingerprint density at radius 2 is 1.89 bits per heavy atom. The zero-order chi connectivity index (χ0) is 19.3. The summed E-state index contributed by atoms with van der Waals surface area (Å²) in [6.45, 7) is 6.91. The predicted octanol–water partition coefficient (Wildman–Crippen LogP) is 3.13. The van der Waals surface area contributed by atoms with Crippen LogP contribution in [0.4, 0.5) is 15.9 Å². The van der Waals surface area contributed by atoms with Crippen molar-refractivity contribution in [1.29, 1.82) is 5.26 Å². The average Bonchev–Trinajstić information content (AvgIpc) is 2.75. The molecule has 2 aromatic rings. The fraction of sp³-hybridized carbons (Fsp3) is 0.455. The van der Waals surface area contributed by atoms with Gasteiger partial charge in [0.05, 0.1) is 5.69 Å². The maximum atomic E-state index is 14.0. The molecule has 0 N–H and O–H groups in total. The summed E-state index contributed by atoms with van der Waals surface area (Å²) in [5.41, 5.74) is 0.916. The first-order valence-corrected chi connectivity index (χ1v) is 10.1. The molecule has 1 unspecified atom stereocenters. The first-order valence-electron chi connectivity index (χ1n) is 10.1. The smallest absolute Gasteiger partial charge is 0.143 e. The van der Waals surface area contributed by atoms with E-state index in [1.165, 1.54) is 12.5 Å². The first-order chi connectivity index (χ1) is 13.7. The van der Waals surface area contributed by atoms with Crippen molar-refractivity contribution in [1.82, 2.24) is 9.88 Å². The van der Waals surface area contributed by atoms with E-state index in [1.54, 1.807) is 6.07 Å². The average molecular weight is 379 g/mol. The molecule has 2 saturated heterocycles. The standard InChI is InChI=1S/C22H26FN5/c23-20-6-3-7-21(19(20)15-24)28-10-4-5-18(17-28)16-26-11-13-27(14-12-26)22-8-1-2-9-25-22/h1-3,6-9,18H,4-5,10-14,16-17H2. The number of anilines is 2. The van der Waals surface area contributed by atoms with Gasteiger partial charge in [0.15, 0.2) is 0 Å². The number of halogens is 1. The Hall–Kier alpha value is -2.65. The van der Waals surface area contributed by atoms with Gasteiger partial charge in [0, 0.05) is 52.0 Å². The Bertz CT molecular complexity index is 827. The molecule has 2 fully saturated rings. The first kappa shape index (κ1) is 18.7. The molecule has 1 aromatic carbocycles. The number of aromatic nitrogens is 1. The Labute approximate surface area is 166 Å². The number of hydrogen-bond donors (Lipinski definition) is 0. The van der Waals surface area contributed by atoms with Crippen molar-refractivity contribution < 1.29 is 4.39 Å². The van der Waals surface area contributed by atoms with Crippen molar-refractivity contribution >= 4 is 11.5 Å². The van der Waals surface area contributed by atoms with Crippen LogP contribution in [0.1, 0.15) is 18.4 Å². The van der Waals surface area contributed by atoms with E-state index in [0.29, 0.717) is 5.92 Å². The summed E-state index contributed by atoms with van der Waals surface area (Å²) in [5, 5.41) is 9.34. The van der Waals surface area contributed by atoms with E-state index < -0.39 is 5.82 Å². The molecule has 1 aromatic heterocycles. The van der Waals surface area contributed by atoms with E-state index >= 15 is 0 Å². The number of piperidine rings is 1. The summed E-state index contributed by atoms with van der Waals surface area (Å²) in [4.78, 5) is 11.5. The molecule has 4 rings (SSSR count). The van der Waals surface area contributed by atoms with Gasteiger partial charge in [0.1, 0.15) is 23.3 Å². The second kappa shape index (κ2) is 8.57. The van der Waals surface area contributed by atoms with E-state index in [0.717, 1.165) is 63.7 Å². The number of rotatable bonds is 4. The SMILES string of the molecule is N#Cc1c(F)cccc1N1CCCC(CN2CCN(c3ccccn3)CC2)C1. The van der Waals surface area contributed by atoms with Gasteiger partial charge in [0.25, 0.3) is 0 Å². The quantitative estimate of drug-likeness (QED) is 0.817. The fourth-order valence-electron chi connectivity index (χ4n) is 4.39. The van der Waals surface area contributed by atoms with E-state index in [2.05, 4.69) is 25.8 Å². The highest BCUT2D eigenvalue weighted by Gasteiger charge is 2.26. The Morgan fingerprint density at radius 3 is 2.64 bits per heavy atom. The molecule has 0 amide bonds. The van der Waals surface area contributed by atoms with Gasteiger partial charge < -0.3 is 9.80 Å². The van der Waals surface area contributed by atoms with Gasteiger partial charge in [-0.2, -0.15) is 5.26 Å². The van der Waals surface area contributed by atoms with Crippen LogP contribution < -0.4 is 9.80 Å². The lowest BCUT2D eigenvalue weighted by molar-refractivity contribution is 0.205. The summed E-state index contributed by atoms with van der Waals surface area (Å²) in [5.74, 6) is 1.18. The summed E-state index contributed by atoms with van der Waals surface area (Å²) in [6, 6.07) is 13.0. The van der Waals surface area contributed by atoms with Crippen LogP contribution >= 0.6 is 0 Å². The third-order valence-corrected chi connectivity index (χ3v) is 5.83. The molecule has 1 atom stereocenters. The lowest BCUT2D eigenvalue weighted by Crippen LogP contribution is -2.50. The van der Waals surface area contributed by atoms with Gasteiger partial charge in [-0.05, 0) is 43.0 Å². The number of hydrogen-bond acceptors (Lipinski definition) is 5. The molecule has 0 bridgehead atoms. The van der Waals surface area contributed by atoms with Gasteiger partial charge in [-0.15, -0.1) is 0 Å². The van der Waals surface area contributed by atoms with Crippen LogP contribution in [0.5, 0.6) is 0 Å². The largest absolute Gasteiger partial charge is 0.370 e. The monoisotopic (exact) mass is 379 g/mol. The third-order valence-electron chi connectivity index (χ3n) is 5.83. The van der Waals surface area contributed by atoms with Gasteiger partial charge in [-0.1, -0.05) is 12.1 Å². The van der Waals surface area contributed by atoms with Crippen molar-refractivity contribution in [2.75, 3.05) is 55.6 Å². The number of nitrogens with zero attached hydrogens (tertiary/aromatic N) is 5. The lowest BCUT2D eigenvalue weighted by Gasteiger charge is -2.40. The van der Waals surface area contributed by atoms with Crippen molar-refractivity contribution in [3.63, 3.8) is 0 Å². The fourth-order valence-corrected chi connectivity index (χ4v) is 4.39. The molecule has 2 aliphatic rings. The Kier molecular flexibility index (Phi) is 5.73. The molecular formula is C22H26FN5. The van der Waals surface area contributed by atoms with Gasteiger partial charge >= 0.3 is 0 Å². The van der Waals surface area contributed by atoms with Crippen LogP contribution in [0, 0.1) is 23.1 Å². The Balaban J connectivity index is 1.34. The second-order valence-electron chi connectivity index (χ2n) is 7.68. The van der Waals surface area contributed by atoms with E-state index in [1.807, 2.05) is 30.5 Å². The highest BCUT2D eigenvalue weighted by atomic mass is 19.1. The van der Waals surface area contributed by atoms with Crippen LogP contribution in [-0.2, 0) is 0 Å². The minimum Gasteiger partial charge on any atom is -0.370 e. The Morgan fingerprint density at radius 1 is 1.04 bits per heavy atom. The number of piperazine rings is 1. The number of nitriles is 1. The molecule has 0 radical (unpaired) electrons. The summed E-state index contributed by atoms with van der Waals surface area (Å²) in [7, 11) is 0. The van der Waals surface area contributed by atoms with Crippen molar-refractivity contribution in [3.8, 4) is 6.07 Å². The predicted molar refractivity (Wildman–Crippen MR) is 109 cm³/mol. The van der Waals surface area contributed by atoms with Crippen molar-refractivity contribution in [2.45, 2.75) is 12.8 Å². The van der Waals surface area contributed by atoms with Gasteiger partial charge in [-0.3, -0.25) is 4.90 Å². The highest BCUT2D eigenvalue weighted by molar-refractivity contribution is 5.60. The lowest BCUT2D eigenvalue weighted by atomic mass is 9.96. The van der Waals surface area contributed by atoms with E-state index in [-0.39, 0.29) is 5.56 Å². The number of benzene rings is 1. The van der Waals surface area contributed by atoms with Gasteiger partial charge in [-0.25, -0.2) is 9.37 Å². The van der Waals surface area contributed by atoms with Crippen LogP contribution in [0.15, 0.2) is 42.6 Å². The topological polar surface area (TPSA) is 46.4 Å². The summed E-state index contributed by atoms with van der Waals surface area (Å²) < 4.78 is 14.0. The molecule has 146 valence electrons. The van der Waals surface area contributed by atoms with Crippen molar-refractivity contribution in [3.05, 3.63) is 54.0 Å². The molecule has 28 heavy (non-hydrogen) atoms. The molecule has 5 nitrogen and oxygen atoms in total. The molecule has 0 aliphatic carbocycles. The van der Waals surface area contributed by atoms with Crippen LogP contribution in [-0.4, -0.2) is 55.7 Å². The molecule has 0 saturated carbocycles. The molecular weight excluding hydrogens is 353 g/mol. The number of pyridine rings is 1. The third kappa shape index (κ3) is 4.10. The minimum atomic E-state index is -0.423. The molecule has 6 heteroatoms. The van der Waals surface area contributed by atoms with Crippen molar-refractivity contribution in [2.24, 2.45) is 5.92 Å². The second-order valence-corrected chi connectivity index (χ2v) is 7.68. The highest BCUT2D eigenvalue weighted by Crippen LogP contribution is 2.28. The maximum absolute atomic E-state index is 14.0. The zero-order valence-electron chi connectivity index (χ0n) is 16.1. The maximum Gasteiger partial charge on any atom is 0.143 e. The van der Waals surface area contributed by atoms with Crippen LogP contribution in [0.3, 0.4) is 0 Å². The summed E-state index contributed by atoms with van der Waals surface area (Å²) >= 11 is 0. The van der Waals surface area contributed by atoms with E-state index in [9.17, 15) is 9.65 Å². The van der Waals surface area contributed by atoms with Crippen LogP contribution in [0.25, 0.3) is 0 Å². The zero-order valence-corrected chi connectivity index (χ0v) is 16.1. The normalized spacial score (nSPS) is 20.8. The van der Waals surface area contributed by atoms with E-state index in [4.69, 9.17) is 0 Å².